The number of β-amino-alcohol motifs (C(OH)–C–C–N with tert-alkyl or cyclic N) is 1. The summed E-state index contributed by atoms with van der Waals surface area (Å²) in [5, 5.41) is 10.3. The molecule has 1 amide bonds. The first kappa shape index (κ1) is 15.6. The average molecular weight is 311 g/mol. The minimum Gasteiger partial charge on any atom is -0.387 e. The van der Waals surface area contributed by atoms with E-state index in [1.165, 1.54) is 0 Å². The standard InChI is InChI=1S/C18H21N3O2/c22-17(15-6-2-1-3-7-15)14-20-10-12-21(13-11-20)18(23)16-8-4-5-9-19-16/h1-9,17,22H,10-14H2/t17-/m0/s1. The van der Waals surface area contributed by atoms with E-state index in [0.29, 0.717) is 25.3 Å². The summed E-state index contributed by atoms with van der Waals surface area (Å²) in [7, 11) is 0. The third kappa shape index (κ3) is 3.94. The number of nitrogens with zero attached hydrogens (tertiary/aromatic N) is 3. The number of amides is 1. The zero-order valence-electron chi connectivity index (χ0n) is 13.0. The lowest BCUT2D eigenvalue weighted by Crippen LogP contribution is -2.49. The van der Waals surface area contributed by atoms with Crippen LogP contribution >= 0.6 is 0 Å². The van der Waals surface area contributed by atoms with Crippen LogP contribution in [0.1, 0.15) is 22.2 Å². The van der Waals surface area contributed by atoms with E-state index >= 15 is 0 Å². The minimum atomic E-state index is -0.491. The lowest BCUT2D eigenvalue weighted by atomic mass is 10.1. The van der Waals surface area contributed by atoms with Gasteiger partial charge in [-0.1, -0.05) is 36.4 Å². The highest BCUT2D eigenvalue weighted by atomic mass is 16.3. The van der Waals surface area contributed by atoms with Crippen LogP contribution in [-0.2, 0) is 0 Å². The van der Waals surface area contributed by atoms with Crippen LogP contribution in [0.4, 0.5) is 0 Å². The van der Waals surface area contributed by atoms with Gasteiger partial charge in [0.05, 0.1) is 6.10 Å². The zero-order chi connectivity index (χ0) is 16.1. The summed E-state index contributed by atoms with van der Waals surface area (Å²) >= 11 is 0. The fourth-order valence-electron chi connectivity index (χ4n) is 2.81. The number of carbonyl (C=O) groups is 1. The summed E-state index contributed by atoms with van der Waals surface area (Å²) < 4.78 is 0. The second-order valence-electron chi connectivity index (χ2n) is 5.73. The summed E-state index contributed by atoms with van der Waals surface area (Å²) in [6.07, 6.45) is 1.15. The third-order valence-corrected chi connectivity index (χ3v) is 4.16. The van der Waals surface area contributed by atoms with Gasteiger partial charge in [-0.25, -0.2) is 0 Å². The monoisotopic (exact) mass is 311 g/mol. The number of carbonyl (C=O) groups excluding carboxylic acids is 1. The molecule has 3 rings (SSSR count). The first-order chi connectivity index (χ1) is 11.2. The third-order valence-electron chi connectivity index (χ3n) is 4.16. The van der Waals surface area contributed by atoms with E-state index < -0.39 is 6.10 Å². The van der Waals surface area contributed by atoms with Gasteiger partial charge in [-0.05, 0) is 17.7 Å². The smallest absolute Gasteiger partial charge is 0.272 e. The van der Waals surface area contributed by atoms with Gasteiger partial charge in [0.15, 0.2) is 0 Å². The molecule has 5 nitrogen and oxygen atoms in total. The molecule has 23 heavy (non-hydrogen) atoms. The number of pyridine rings is 1. The Kier molecular flexibility index (Phi) is 5.00. The molecule has 0 aliphatic carbocycles. The summed E-state index contributed by atoms with van der Waals surface area (Å²) in [4.78, 5) is 20.5. The van der Waals surface area contributed by atoms with E-state index in [1.54, 1.807) is 18.3 Å². The van der Waals surface area contributed by atoms with Crippen molar-refractivity contribution < 1.29 is 9.90 Å². The van der Waals surface area contributed by atoms with E-state index in [0.717, 1.165) is 18.7 Å². The van der Waals surface area contributed by atoms with Crippen molar-refractivity contribution in [3.05, 3.63) is 66.0 Å². The van der Waals surface area contributed by atoms with Crippen LogP contribution < -0.4 is 0 Å². The first-order valence-corrected chi connectivity index (χ1v) is 7.90. The predicted octanol–water partition coefficient (Wildman–Crippen LogP) is 1.57. The van der Waals surface area contributed by atoms with Gasteiger partial charge in [-0.15, -0.1) is 0 Å². The molecule has 1 aromatic heterocycles. The Morgan fingerprint density at radius 1 is 1.04 bits per heavy atom. The van der Waals surface area contributed by atoms with Gasteiger partial charge < -0.3 is 10.0 Å². The van der Waals surface area contributed by atoms with Gasteiger partial charge in [0.2, 0.25) is 0 Å². The molecular weight excluding hydrogens is 290 g/mol. The van der Waals surface area contributed by atoms with E-state index in [1.807, 2.05) is 41.3 Å². The number of piperazine rings is 1. The molecule has 5 heteroatoms. The van der Waals surface area contributed by atoms with Crippen molar-refractivity contribution in [3.8, 4) is 0 Å². The van der Waals surface area contributed by atoms with Crippen molar-refractivity contribution in [2.24, 2.45) is 0 Å². The normalized spacial score (nSPS) is 17.0. The lowest BCUT2D eigenvalue weighted by molar-refractivity contribution is 0.0523. The van der Waals surface area contributed by atoms with Gasteiger partial charge >= 0.3 is 0 Å². The maximum atomic E-state index is 12.3. The molecule has 1 N–H and O–H groups in total. The molecule has 1 aromatic carbocycles. The predicted molar refractivity (Wildman–Crippen MR) is 88.0 cm³/mol. The highest BCUT2D eigenvalue weighted by Gasteiger charge is 2.24. The maximum Gasteiger partial charge on any atom is 0.272 e. The molecular formula is C18H21N3O2. The molecule has 1 atom stereocenters. The Morgan fingerprint density at radius 3 is 2.39 bits per heavy atom. The molecule has 120 valence electrons. The Morgan fingerprint density at radius 2 is 1.74 bits per heavy atom. The van der Waals surface area contributed by atoms with Crippen molar-refractivity contribution >= 4 is 5.91 Å². The molecule has 1 aliphatic rings. The fourth-order valence-corrected chi connectivity index (χ4v) is 2.81. The van der Waals surface area contributed by atoms with Crippen molar-refractivity contribution in [3.63, 3.8) is 0 Å². The number of hydrogen-bond acceptors (Lipinski definition) is 4. The summed E-state index contributed by atoms with van der Waals surface area (Å²) in [5.74, 6) is -0.0196. The number of rotatable bonds is 4. The average Bonchev–Trinajstić information content (AvgIpc) is 2.63. The summed E-state index contributed by atoms with van der Waals surface area (Å²) in [6, 6.07) is 15.1. The number of aromatic nitrogens is 1. The van der Waals surface area contributed by atoms with E-state index in [9.17, 15) is 9.90 Å². The van der Waals surface area contributed by atoms with Crippen LogP contribution in [0.25, 0.3) is 0 Å². The Hall–Kier alpha value is -2.24. The van der Waals surface area contributed by atoms with E-state index in [2.05, 4.69) is 9.88 Å². The molecule has 2 heterocycles. The van der Waals surface area contributed by atoms with Gasteiger partial charge in [0.25, 0.3) is 5.91 Å². The topological polar surface area (TPSA) is 56.7 Å². The molecule has 1 fully saturated rings. The first-order valence-electron chi connectivity index (χ1n) is 7.90. The summed E-state index contributed by atoms with van der Waals surface area (Å²) in [6.45, 7) is 3.45. The molecule has 0 unspecified atom stereocenters. The van der Waals surface area contributed by atoms with Crippen LogP contribution in [0.15, 0.2) is 54.7 Å². The quantitative estimate of drug-likeness (QED) is 0.931. The maximum absolute atomic E-state index is 12.3. The van der Waals surface area contributed by atoms with Gasteiger partial charge in [0, 0.05) is 38.9 Å². The number of aliphatic hydroxyl groups is 1. The Labute approximate surface area is 136 Å². The highest BCUT2D eigenvalue weighted by Crippen LogP contribution is 2.15. The van der Waals surface area contributed by atoms with E-state index in [4.69, 9.17) is 0 Å². The van der Waals surface area contributed by atoms with Gasteiger partial charge in [-0.2, -0.15) is 0 Å². The summed E-state index contributed by atoms with van der Waals surface area (Å²) in [5.41, 5.74) is 1.42. The molecule has 1 saturated heterocycles. The van der Waals surface area contributed by atoms with Crippen LogP contribution in [-0.4, -0.2) is 58.5 Å². The second-order valence-corrected chi connectivity index (χ2v) is 5.73. The molecule has 0 bridgehead atoms. The molecule has 2 aromatic rings. The number of aliphatic hydroxyl groups excluding tert-OH is 1. The molecule has 1 aliphatic heterocycles. The molecule has 0 saturated carbocycles. The van der Waals surface area contributed by atoms with Crippen LogP contribution in [0.3, 0.4) is 0 Å². The van der Waals surface area contributed by atoms with Crippen LogP contribution in [0, 0.1) is 0 Å². The largest absolute Gasteiger partial charge is 0.387 e. The number of hydrogen-bond donors (Lipinski definition) is 1. The van der Waals surface area contributed by atoms with Crippen molar-refractivity contribution in [2.75, 3.05) is 32.7 Å². The highest BCUT2D eigenvalue weighted by molar-refractivity contribution is 5.92. The van der Waals surface area contributed by atoms with Crippen LogP contribution in [0.5, 0.6) is 0 Å². The van der Waals surface area contributed by atoms with Crippen molar-refractivity contribution in [2.45, 2.75) is 6.10 Å². The Balaban J connectivity index is 1.52. The lowest BCUT2D eigenvalue weighted by Gasteiger charge is -2.35. The molecule has 0 radical (unpaired) electrons. The fraction of sp³-hybridized carbons (Fsp3) is 0.333. The number of benzene rings is 1. The zero-order valence-corrected chi connectivity index (χ0v) is 13.0. The van der Waals surface area contributed by atoms with E-state index in [-0.39, 0.29) is 5.91 Å². The van der Waals surface area contributed by atoms with Crippen LogP contribution in [0.2, 0.25) is 0 Å². The van der Waals surface area contributed by atoms with Crippen molar-refractivity contribution in [1.29, 1.82) is 0 Å². The van der Waals surface area contributed by atoms with Gasteiger partial charge in [-0.3, -0.25) is 14.7 Å². The Bertz CT molecular complexity index is 625. The minimum absolute atomic E-state index is 0.0196. The molecule has 0 spiro atoms. The van der Waals surface area contributed by atoms with Gasteiger partial charge in [0.1, 0.15) is 5.69 Å². The van der Waals surface area contributed by atoms with Crippen molar-refractivity contribution in [1.82, 2.24) is 14.8 Å². The SMILES string of the molecule is O=C(c1ccccn1)N1CCN(C[C@H](O)c2ccccc2)CC1. The second kappa shape index (κ2) is 7.35.